The number of sulfonamides is 1. The first-order chi connectivity index (χ1) is 9.87. The molecular weight excluding hydrogens is 318 g/mol. The van der Waals surface area contributed by atoms with Gasteiger partial charge in [0.1, 0.15) is 11.5 Å². The van der Waals surface area contributed by atoms with E-state index in [4.69, 9.17) is 21.1 Å². The molecule has 114 valence electrons. The van der Waals surface area contributed by atoms with Gasteiger partial charge in [-0.15, -0.1) is 0 Å². The number of nitrogens with zero attached hydrogens (tertiary/aromatic N) is 2. The van der Waals surface area contributed by atoms with Crippen LogP contribution >= 0.6 is 11.6 Å². The normalized spacial score (nSPS) is 11.2. The number of anilines is 1. The van der Waals surface area contributed by atoms with Crippen LogP contribution in [-0.2, 0) is 17.1 Å². The fourth-order valence-corrected chi connectivity index (χ4v) is 2.95. The van der Waals surface area contributed by atoms with Crippen molar-refractivity contribution < 1.29 is 17.9 Å². The first-order valence-corrected chi connectivity index (χ1v) is 7.66. The van der Waals surface area contributed by atoms with E-state index in [-0.39, 0.29) is 21.5 Å². The summed E-state index contributed by atoms with van der Waals surface area (Å²) in [5.74, 6) is 0.671. The molecule has 1 heterocycles. The molecule has 0 saturated heterocycles. The predicted molar refractivity (Wildman–Crippen MR) is 78.6 cm³/mol. The van der Waals surface area contributed by atoms with Crippen molar-refractivity contribution in [3.8, 4) is 11.5 Å². The molecule has 0 spiro atoms. The van der Waals surface area contributed by atoms with Gasteiger partial charge in [-0.3, -0.25) is 4.72 Å². The van der Waals surface area contributed by atoms with Crippen molar-refractivity contribution in [1.82, 2.24) is 9.55 Å². The second-order valence-corrected chi connectivity index (χ2v) is 6.21. The van der Waals surface area contributed by atoms with E-state index in [2.05, 4.69) is 9.71 Å². The highest BCUT2D eigenvalue weighted by molar-refractivity contribution is 7.92. The average Bonchev–Trinajstić information content (AvgIpc) is 2.86. The van der Waals surface area contributed by atoms with Crippen molar-refractivity contribution in [2.45, 2.75) is 5.03 Å². The highest BCUT2D eigenvalue weighted by Gasteiger charge is 2.20. The Morgan fingerprint density at radius 2 is 1.90 bits per heavy atom. The Morgan fingerprint density at radius 1 is 1.24 bits per heavy atom. The number of methoxy groups -OCH3 is 2. The molecule has 0 aliphatic carbocycles. The number of benzene rings is 1. The van der Waals surface area contributed by atoms with E-state index >= 15 is 0 Å². The summed E-state index contributed by atoms with van der Waals surface area (Å²) >= 11 is 6.00. The molecule has 0 bridgehead atoms. The number of aromatic nitrogens is 2. The lowest BCUT2D eigenvalue weighted by atomic mass is 10.3. The van der Waals surface area contributed by atoms with Gasteiger partial charge in [0.25, 0.3) is 10.0 Å². The van der Waals surface area contributed by atoms with Crippen LogP contribution in [0, 0.1) is 0 Å². The molecule has 0 fully saturated rings. The number of imidazole rings is 1. The van der Waals surface area contributed by atoms with Gasteiger partial charge in [-0.05, 0) is 6.07 Å². The SMILES string of the molecule is COc1cc(OC)c(NS(=O)(=O)c2cn(C)cn2)cc1Cl. The Kier molecular flexibility index (Phi) is 4.29. The summed E-state index contributed by atoms with van der Waals surface area (Å²) in [7, 11) is 0.729. The zero-order valence-corrected chi connectivity index (χ0v) is 13.2. The number of rotatable bonds is 5. The third-order valence-electron chi connectivity index (χ3n) is 2.67. The number of ether oxygens (including phenoxy) is 2. The highest BCUT2D eigenvalue weighted by atomic mass is 35.5. The minimum Gasteiger partial charge on any atom is -0.495 e. The molecule has 1 N–H and O–H groups in total. The van der Waals surface area contributed by atoms with Crippen molar-refractivity contribution in [3.63, 3.8) is 0 Å². The second kappa shape index (κ2) is 5.82. The molecule has 2 aromatic rings. The molecule has 0 saturated carbocycles. The first kappa shape index (κ1) is 15.5. The summed E-state index contributed by atoms with van der Waals surface area (Å²) in [6.07, 6.45) is 2.78. The standard InChI is InChI=1S/C12H14ClN3O4S/c1-16-6-12(14-7-16)21(17,18)15-9-4-8(13)10(19-2)5-11(9)20-3/h4-7,15H,1-3H3. The van der Waals surface area contributed by atoms with E-state index in [0.717, 1.165) is 0 Å². The molecule has 1 aromatic heterocycles. The minimum absolute atomic E-state index is 0.0982. The molecular formula is C12H14ClN3O4S. The lowest BCUT2D eigenvalue weighted by Crippen LogP contribution is -2.14. The molecule has 1 aromatic carbocycles. The number of nitrogens with one attached hydrogen (secondary N) is 1. The van der Waals surface area contributed by atoms with Gasteiger partial charge in [0.05, 0.1) is 31.3 Å². The van der Waals surface area contributed by atoms with E-state index < -0.39 is 10.0 Å². The summed E-state index contributed by atoms with van der Waals surface area (Å²) < 4.78 is 38.6. The van der Waals surface area contributed by atoms with Gasteiger partial charge in [-0.2, -0.15) is 8.42 Å². The molecule has 2 rings (SSSR count). The topological polar surface area (TPSA) is 82.5 Å². The van der Waals surface area contributed by atoms with Gasteiger partial charge in [-0.25, -0.2) is 4.98 Å². The Hall–Kier alpha value is -1.93. The third-order valence-corrected chi connectivity index (χ3v) is 4.22. The van der Waals surface area contributed by atoms with Gasteiger partial charge < -0.3 is 14.0 Å². The van der Waals surface area contributed by atoms with Crippen LogP contribution in [-0.4, -0.2) is 32.2 Å². The van der Waals surface area contributed by atoms with Crippen LogP contribution < -0.4 is 14.2 Å². The molecule has 0 radical (unpaired) electrons. The molecule has 0 aliphatic heterocycles. The summed E-state index contributed by atoms with van der Waals surface area (Å²) in [5.41, 5.74) is 0.203. The van der Waals surface area contributed by atoms with Crippen LogP contribution in [0.2, 0.25) is 5.02 Å². The van der Waals surface area contributed by atoms with Crippen LogP contribution in [0.3, 0.4) is 0 Å². The Morgan fingerprint density at radius 3 is 2.43 bits per heavy atom. The lowest BCUT2D eigenvalue weighted by Gasteiger charge is -2.13. The van der Waals surface area contributed by atoms with E-state index in [0.29, 0.717) is 5.75 Å². The van der Waals surface area contributed by atoms with Gasteiger partial charge in [0.15, 0.2) is 5.03 Å². The van der Waals surface area contributed by atoms with Crippen molar-refractivity contribution >= 4 is 27.3 Å². The lowest BCUT2D eigenvalue weighted by molar-refractivity contribution is 0.396. The zero-order valence-electron chi connectivity index (χ0n) is 11.6. The van der Waals surface area contributed by atoms with Crippen molar-refractivity contribution in [1.29, 1.82) is 0 Å². The second-order valence-electron chi connectivity index (χ2n) is 4.17. The van der Waals surface area contributed by atoms with E-state index in [1.165, 1.54) is 43.4 Å². The van der Waals surface area contributed by atoms with Gasteiger partial charge >= 0.3 is 0 Å². The van der Waals surface area contributed by atoms with E-state index in [1.807, 2.05) is 0 Å². The van der Waals surface area contributed by atoms with Crippen molar-refractivity contribution in [2.24, 2.45) is 7.05 Å². The summed E-state index contributed by atoms with van der Waals surface area (Å²) in [5, 5.41) is 0.163. The van der Waals surface area contributed by atoms with Gasteiger partial charge in [0, 0.05) is 19.3 Å². The maximum Gasteiger partial charge on any atom is 0.281 e. The summed E-state index contributed by atoms with van der Waals surface area (Å²) in [6, 6.07) is 2.92. The van der Waals surface area contributed by atoms with Crippen LogP contribution in [0.5, 0.6) is 11.5 Å². The quantitative estimate of drug-likeness (QED) is 0.904. The van der Waals surface area contributed by atoms with Crippen molar-refractivity contribution in [3.05, 3.63) is 29.7 Å². The molecule has 9 heteroatoms. The fourth-order valence-electron chi connectivity index (χ4n) is 1.66. The van der Waals surface area contributed by atoms with E-state index in [9.17, 15) is 8.42 Å². The molecule has 0 aliphatic rings. The van der Waals surface area contributed by atoms with Crippen LogP contribution in [0.1, 0.15) is 0 Å². The average molecular weight is 332 g/mol. The predicted octanol–water partition coefficient (Wildman–Crippen LogP) is 1.89. The fraction of sp³-hybridized carbons (Fsp3) is 0.250. The minimum atomic E-state index is -3.82. The van der Waals surface area contributed by atoms with Crippen LogP contribution in [0.15, 0.2) is 29.7 Å². The van der Waals surface area contributed by atoms with E-state index in [1.54, 1.807) is 7.05 Å². The number of aryl methyl sites for hydroxylation is 1. The molecule has 0 amide bonds. The third kappa shape index (κ3) is 3.22. The molecule has 21 heavy (non-hydrogen) atoms. The summed E-state index contributed by atoms with van der Waals surface area (Å²) in [6.45, 7) is 0. The maximum absolute atomic E-state index is 12.2. The zero-order chi connectivity index (χ0) is 15.6. The number of hydrogen-bond acceptors (Lipinski definition) is 5. The highest BCUT2D eigenvalue weighted by Crippen LogP contribution is 2.36. The Labute approximate surface area is 127 Å². The maximum atomic E-state index is 12.2. The van der Waals surface area contributed by atoms with Crippen molar-refractivity contribution in [2.75, 3.05) is 18.9 Å². The van der Waals surface area contributed by atoms with Crippen LogP contribution in [0.25, 0.3) is 0 Å². The monoisotopic (exact) mass is 331 g/mol. The number of hydrogen-bond donors (Lipinski definition) is 1. The molecule has 7 nitrogen and oxygen atoms in total. The summed E-state index contributed by atoms with van der Waals surface area (Å²) in [4.78, 5) is 3.81. The van der Waals surface area contributed by atoms with Gasteiger partial charge in [-0.1, -0.05) is 11.6 Å². The molecule has 0 atom stereocenters. The van der Waals surface area contributed by atoms with Gasteiger partial charge in [0.2, 0.25) is 0 Å². The number of halogens is 1. The largest absolute Gasteiger partial charge is 0.495 e. The Bertz CT molecular complexity index is 758. The van der Waals surface area contributed by atoms with Crippen LogP contribution in [0.4, 0.5) is 5.69 Å². The molecule has 0 unspecified atom stereocenters. The first-order valence-electron chi connectivity index (χ1n) is 5.79. The Balaban J connectivity index is 2.41. The smallest absolute Gasteiger partial charge is 0.281 e.